The molecule has 40 heavy (non-hydrogen) atoms. The van der Waals surface area contributed by atoms with Gasteiger partial charge in [0.2, 0.25) is 11.8 Å². The normalized spacial score (nSPS) is 19.4. The van der Waals surface area contributed by atoms with Crippen LogP contribution in [0.3, 0.4) is 0 Å². The number of carbonyl (C=O) groups excluding carboxylic acids is 2. The molecule has 1 saturated heterocycles. The number of anilines is 1. The highest BCUT2D eigenvalue weighted by molar-refractivity contribution is 8.01. The number of carbonyl (C=O) groups is 4. The fourth-order valence-corrected chi connectivity index (χ4v) is 6.53. The van der Waals surface area contributed by atoms with Crippen LogP contribution in [0.2, 0.25) is 0 Å². The van der Waals surface area contributed by atoms with Gasteiger partial charge in [0.25, 0.3) is 21.2 Å². The Morgan fingerprint density at radius 3 is 2.55 bits per heavy atom. The minimum Gasteiger partial charge on any atom is -0.480 e. The second-order valence-corrected chi connectivity index (χ2v) is 12.0. The molecule has 16 nitrogen and oxygen atoms in total. The van der Waals surface area contributed by atoms with Crippen molar-refractivity contribution in [3.63, 3.8) is 0 Å². The third-order valence-corrected chi connectivity index (χ3v) is 8.52. The van der Waals surface area contributed by atoms with Gasteiger partial charge in [0.1, 0.15) is 29.7 Å². The summed E-state index contributed by atoms with van der Waals surface area (Å²) >= 11 is 2.17. The van der Waals surface area contributed by atoms with Crippen molar-refractivity contribution in [1.82, 2.24) is 20.4 Å². The van der Waals surface area contributed by atoms with E-state index in [-0.39, 0.29) is 34.9 Å². The van der Waals surface area contributed by atoms with Crippen LogP contribution in [0, 0.1) is 0 Å². The molecule has 19 heteroatoms. The SMILES string of the molecule is NC(C(=O)NC1C(=O)N2C(C(=O)O)=C(CSc3nnc(CS(=O)(=O)O)o3)CS[C@H]12)c1ccc(NCC(=O)O)cc1. The number of β-lactam (4-membered cyclic amide) rings is 1. The highest BCUT2D eigenvalue weighted by atomic mass is 32.2. The molecule has 2 aliphatic heterocycles. The zero-order chi connectivity index (χ0) is 29.2. The van der Waals surface area contributed by atoms with Gasteiger partial charge in [0.05, 0.1) is 0 Å². The van der Waals surface area contributed by atoms with Gasteiger partial charge in [0, 0.05) is 17.2 Å². The van der Waals surface area contributed by atoms with E-state index in [1.54, 1.807) is 24.3 Å². The summed E-state index contributed by atoms with van der Waals surface area (Å²) in [6.45, 7) is -0.284. The smallest absolute Gasteiger partial charge is 0.352 e. The summed E-state index contributed by atoms with van der Waals surface area (Å²) in [4.78, 5) is 49.5. The number of hydrogen-bond acceptors (Lipinski definition) is 13. The molecule has 7 N–H and O–H groups in total. The quantitative estimate of drug-likeness (QED) is 0.0999. The molecule has 0 saturated carbocycles. The van der Waals surface area contributed by atoms with E-state index in [0.717, 1.165) is 16.7 Å². The van der Waals surface area contributed by atoms with Crippen molar-refractivity contribution in [2.75, 3.05) is 23.4 Å². The summed E-state index contributed by atoms with van der Waals surface area (Å²) in [6.07, 6.45) is 0. The van der Waals surface area contributed by atoms with Crippen LogP contribution in [0.4, 0.5) is 5.69 Å². The van der Waals surface area contributed by atoms with E-state index in [4.69, 9.17) is 19.8 Å². The van der Waals surface area contributed by atoms with Crippen molar-refractivity contribution in [2.24, 2.45) is 5.73 Å². The monoisotopic (exact) mass is 614 g/mol. The van der Waals surface area contributed by atoms with Crippen molar-refractivity contribution in [2.45, 2.75) is 28.4 Å². The van der Waals surface area contributed by atoms with Crippen LogP contribution >= 0.6 is 23.5 Å². The number of nitrogens with two attached hydrogens (primary N) is 1. The minimum absolute atomic E-state index is 0.0395. The summed E-state index contributed by atoms with van der Waals surface area (Å²) in [6, 6.07) is 4.08. The first-order valence-corrected chi connectivity index (χ1v) is 14.9. The molecule has 1 aromatic carbocycles. The first kappa shape index (κ1) is 29.3. The van der Waals surface area contributed by atoms with Crippen LogP contribution in [-0.2, 0) is 35.0 Å². The Morgan fingerprint density at radius 2 is 1.93 bits per heavy atom. The van der Waals surface area contributed by atoms with Crippen molar-refractivity contribution < 1.29 is 46.8 Å². The lowest BCUT2D eigenvalue weighted by molar-refractivity contribution is -0.150. The average Bonchev–Trinajstić information content (AvgIpc) is 3.33. The molecule has 1 fully saturated rings. The highest BCUT2D eigenvalue weighted by Crippen LogP contribution is 2.41. The van der Waals surface area contributed by atoms with Crippen LogP contribution in [-0.4, -0.2) is 91.5 Å². The molecule has 0 aliphatic carbocycles. The van der Waals surface area contributed by atoms with Crippen LogP contribution in [0.15, 0.2) is 45.2 Å². The molecule has 4 rings (SSSR count). The topological polar surface area (TPSA) is 255 Å². The van der Waals surface area contributed by atoms with Crippen LogP contribution in [0.25, 0.3) is 0 Å². The maximum atomic E-state index is 12.9. The average molecular weight is 615 g/mol. The number of fused-ring (bicyclic) bond motifs is 1. The predicted molar refractivity (Wildman–Crippen MR) is 139 cm³/mol. The number of rotatable bonds is 12. The van der Waals surface area contributed by atoms with Gasteiger partial charge >= 0.3 is 11.9 Å². The van der Waals surface area contributed by atoms with E-state index < -0.39 is 57.1 Å². The molecule has 2 aromatic rings. The van der Waals surface area contributed by atoms with Gasteiger partial charge in [-0.25, -0.2) is 4.79 Å². The highest BCUT2D eigenvalue weighted by Gasteiger charge is 2.54. The van der Waals surface area contributed by atoms with Crippen molar-refractivity contribution in [3.8, 4) is 0 Å². The largest absolute Gasteiger partial charge is 0.480 e. The fraction of sp³-hybridized carbons (Fsp3) is 0.333. The van der Waals surface area contributed by atoms with Gasteiger partial charge in [0.15, 0.2) is 5.75 Å². The molecule has 2 aliphatic rings. The zero-order valence-corrected chi connectivity index (χ0v) is 22.7. The third-order valence-electron chi connectivity index (χ3n) is 5.67. The van der Waals surface area contributed by atoms with Gasteiger partial charge in [-0.1, -0.05) is 23.9 Å². The Balaban J connectivity index is 1.38. The third kappa shape index (κ3) is 6.73. The first-order valence-electron chi connectivity index (χ1n) is 11.3. The Morgan fingerprint density at radius 1 is 1.23 bits per heavy atom. The number of carboxylic acids is 2. The maximum absolute atomic E-state index is 12.9. The summed E-state index contributed by atoms with van der Waals surface area (Å²) in [5.41, 5.74) is 7.12. The molecule has 2 unspecified atom stereocenters. The fourth-order valence-electron chi connectivity index (χ4n) is 3.83. The second-order valence-electron chi connectivity index (χ2n) is 8.48. The van der Waals surface area contributed by atoms with Crippen molar-refractivity contribution >= 4 is 63.1 Å². The van der Waals surface area contributed by atoms with Gasteiger partial charge in [-0.05, 0) is 23.3 Å². The van der Waals surface area contributed by atoms with E-state index >= 15 is 0 Å². The number of aliphatic carboxylic acids is 2. The number of carboxylic acid groups (broad SMARTS) is 2. The number of aromatic nitrogens is 2. The summed E-state index contributed by atoms with van der Waals surface area (Å²) in [5, 5.41) is 30.2. The number of benzene rings is 1. The molecule has 2 amide bonds. The summed E-state index contributed by atoms with van der Waals surface area (Å²) in [7, 11) is -4.37. The lowest BCUT2D eigenvalue weighted by atomic mass is 10.0. The van der Waals surface area contributed by atoms with E-state index in [1.807, 2.05) is 0 Å². The van der Waals surface area contributed by atoms with Crippen LogP contribution in [0.1, 0.15) is 17.5 Å². The predicted octanol–water partition coefficient (Wildman–Crippen LogP) is -0.515. The Labute approximate surface area is 234 Å². The minimum atomic E-state index is -4.37. The molecule has 214 valence electrons. The lowest BCUT2D eigenvalue weighted by Crippen LogP contribution is -2.71. The number of amides is 2. The summed E-state index contributed by atoms with van der Waals surface area (Å²) in [5.74, 6) is -4.61. The summed E-state index contributed by atoms with van der Waals surface area (Å²) < 4.78 is 35.9. The van der Waals surface area contributed by atoms with Gasteiger partial charge in [-0.3, -0.25) is 23.8 Å². The second kappa shape index (κ2) is 11.8. The molecule has 0 spiro atoms. The van der Waals surface area contributed by atoms with Crippen LogP contribution < -0.4 is 16.4 Å². The standard InChI is InChI=1S/C21H22N6O10S3/c22-14(9-1-3-11(4-2-9)23-5-13(28)29)17(30)24-15-18(31)27-16(20(32)33)10(6-38-19(15)27)7-39-21-26-25-12(37-21)8-40(34,35)36/h1-4,14-15,19,23H,5-8,22H2,(H,24,30)(H,28,29)(H,32,33)(H,34,35,36)/t14?,15?,19-/m1/s1. The number of thioether (sulfide) groups is 2. The number of nitrogens with zero attached hydrogens (tertiary/aromatic N) is 3. The molecule has 0 radical (unpaired) electrons. The van der Waals surface area contributed by atoms with Crippen LogP contribution in [0.5, 0.6) is 0 Å². The van der Waals surface area contributed by atoms with E-state index in [9.17, 15) is 32.7 Å². The van der Waals surface area contributed by atoms with Gasteiger partial charge in [-0.15, -0.1) is 22.0 Å². The van der Waals surface area contributed by atoms with E-state index in [1.165, 1.54) is 11.8 Å². The van der Waals surface area contributed by atoms with Gasteiger partial charge in [-0.2, -0.15) is 8.42 Å². The zero-order valence-electron chi connectivity index (χ0n) is 20.2. The maximum Gasteiger partial charge on any atom is 0.352 e. The Bertz CT molecular complexity index is 1480. The Hall–Kier alpha value is -3.65. The molecule has 0 bridgehead atoms. The number of nitrogens with one attached hydrogen (secondary N) is 2. The molecular formula is C21H22N6O10S3. The van der Waals surface area contributed by atoms with E-state index in [0.29, 0.717) is 16.8 Å². The van der Waals surface area contributed by atoms with Gasteiger partial charge < -0.3 is 31.0 Å². The molecule has 3 atom stereocenters. The number of hydrogen-bond donors (Lipinski definition) is 6. The molecular weight excluding hydrogens is 592 g/mol. The Kier molecular flexibility index (Phi) is 8.68. The molecule has 1 aromatic heterocycles. The molecule has 3 heterocycles. The van der Waals surface area contributed by atoms with Crippen molar-refractivity contribution in [3.05, 3.63) is 47.0 Å². The van der Waals surface area contributed by atoms with E-state index in [2.05, 4.69) is 20.8 Å². The first-order chi connectivity index (χ1) is 18.8. The van der Waals surface area contributed by atoms with Crippen molar-refractivity contribution in [1.29, 1.82) is 0 Å². The lowest BCUT2D eigenvalue weighted by Gasteiger charge is -2.49.